The van der Waals surface area contributed by atoms with Crippen LogP contribution in [0.3, 0.4) is 0 Å². The standard InChI is InChI=1S/C14H19NO/c1-2-5-11-6-3-7-12(10-11)14(16)13-8-4-9-15-13/h3,6-7,10,13,15H,2,4-5,8-9H2,1H3. The first-order chi connectivity index (χ1) is 7.81. The van der Waals surface area contributed by atoms with Crippen LogP contribution in [0.4, 0.5) is 0 Å². The van der Waals surface area contributed by atoms with Crippen molar-refractivity contribution in [2.24, 2.45) is 0 Å². The van der Waals surface area contributed by atoms with Crippen LogP contribution in [0, 0.1) is 0 Å². The molecule has 1 saturated heterocycles. The molecule has 1 heterocycles. The van der Waals surface area contributed by atoms with E-state index in [2.05, 4.69) is 18.3 Å². The second-order valence-electron chi connectivity index (χ2n) is 4.46. The van der Waals surface area contributed by atoms with E-state index in [1.165, 1.54) is 5.56 Å². The van der Waals surface area contributed by atoms with Gasteiger partial charge in [0.25, 0.3) is 0 Å². The summed E-state index contributed by atoms with van der Waals surface area (Å²) in [6.07, 6.45) is 4.28. The maximum atomic E-state index is 12.1. The van der Waals surface area contributed by atoms with Crippen LogP contribution < -0.4 is 5.32 Å². The number of benzene rings is 1. The van der Waals surface area contributed by atoms with Crippen molar-refractivity contribution >= 4 is 5.78 Å². The molecule has 1 aromatic rings. The fourth-order valence-electron chi connectivity index (χ4n) is 2.28. The van der Waals surface area contributed by atoms with Gasteiger partial charge in [0.1, 0.15) is 0 Å². The lowest BCUT2D eigenvalue weighted by atomic mass is 9.99. The fourth-order valence-corrected chi connectivity index (χ4v) is 2.28. The van der Waals surface area contributed by atoms with Crippen molar-refractivity contribution in [2.45, 2.75) is 38.6 Å². The second-order valence-corrected chi connectivity index (χ2v) is 4.46. The minimum atomic E-state index is 0.0527. The lowest BCUT2D eigenvalue weighted by Crippen LogP contribution is -2.30. The molecule has 0 bridgehead atoms. The second kappa shape index (κ2) is 5.26. The minimum absolute atomic E-state index is 0.0527. The smallest absolute Gasteiger partial charge is 0.179 e. The number of Topliss-reactive ketones (excluding diaryl/α,β-unsaturated/α-hetero) is 1. The Labute approximate surface area is 97.1 Å². The van der Waals surface area contributed by atoms with Gasteiger partial charge in [-0.3, -0.25) is 4.79 Å². The third-order valence-electron chi connectivity index (χ3n) is 3.13. The molecule has 0 amide bonds. The van der Waals surface area contributed by atoms with Gasteiger partial charge in [-0.2, -0.15) is 0 Å². The van der Waals surface area contributed by atoms with Crippen molar-refractivity contribution in [3.05, 3.63) is 35.4 Å². The maximum Gasteiger partial charge on any atom is 0.179 e. The Hall–Kier alpha value is -1.15. The van der Waals surface area contributed by atoms with Crippen LogP contribution in [0.25, 0.3) is 0 Å². The van der Waals surface area contributed by atoms with Crippen molar-refractivity contribution in [3.8, 4) is 0 Å². The highest BCUT2D eigenvalue weighted by atomic mass is 16.1. The molecule has 2 heteroatoms. The molecule has 86 valence electrons. The average Bonchev–Trinajstić information content (AvgIpc) is 2.82. The highest BCUT2D eigenvalue weighted by molar-refractivity contribution is 6.00. The number of hydrogen-bond acceptors (Lipinski definition) is 2. The summed E-state index contributed by atoms with van der Waals surface area (Å²) in [7, 11) is 0. The molecule has 0 spiro atoms. The molecule has 0 radical (unpaired) electrons. The summed E-state index contributed by atoms with van der Waals surface area (Å²) in [6, 6.07) is 8.12. The van der Waals surface area contributed by atoms with E-state index in [-0.39, 0.29) is 11.8 Å². The fraction of sp³-hybridized carbons (Fsp3) is 0.500. The van der Waals surface area contributed by atoms with Crippen LogP contribution in [-0.2, 0) is 6.42 Å². The average molecular weight is 217 g/mol. The Morgan fingerprint density at radius 1 is 1.50 bits per heavy atom. The van der Waals surface area contributed by atoms with Crippen molar-refractivity contribution in [3.63, 3.8) is 0 Å². The molecule has 2 nitrogen and oxygen atoms in total. The van der Waals surface area contributed by atoms with Crippen LogP contribution in [0.15, 0.2) is 24.3 Å². The zero-order valence-corrected chi connectivity index (χ0v) is 9.83. The number of hydrogen-bond donors (Lipinski definition) is 1. The highest BCUT2D eigenvalue weighted by Gasteiger charge is 2.22. The Bertz CT molecular complexity index is 367. The topological polar surface area (TPSA) is 29.1 Å². The van der Waals surface area contributed by atoms with Gasteiger partial charge in [-0.1, -0.05) is 31.5 Å². The zero-order chi connectivity index (χ0) is 11.4. The first kappa shape index (κ1) is 11.3. The molecule has 1 atom stereocenters. The summed E-state index contributed by atoms with van der Waals surface area (Å²) < 4.78 is 0. The normalized spacial score (nSPS) is 19.9. The number of rotatable bonds is 4. The van der Waals surface area contributed by atoms with Crippen molar-refractivity contribution in [1.29, 1.82) is 0 Å². The monoisotopic (exact) mass is 217 g/mol. The van der Waals surface area contributed by atoms with Crippen LogP contribution in [0.5, 0.6) is 0 Å². The Morgan fingerprint density at radius 3 is 3.06 bits per heavy atom. The molecule has 1 aromatic carbocycles. The zero-order valence-electron chi connectivity index (χ0n) is 9.83. The molecule has 1 fully saturated rings. The maximum absolute atomic E-state index is 12.1. The van der Waals surface area contributed by atoms with E-state index in [0.717, 1.165) is 37.8 Å². The highest BCUT2D eigenvalue weighted by Crippen LogP contribution is 2.14. The van der Waals surface area contributed by atoms with Gasteiger partial charge in [-0.05, 0) is 37.4 Å². The summed E-state index contributed by atoms with van der Waals surface area (Å²) in [5.74, 6) is 0.260. The molecule has 0 aliphatic carbocycles. The molecular formula is C14H19NO. The summed E-state index contributed by atoms with van der Waals surface area (Å²) in [5.41, 5.74) is 2.14. The van der Waals surface area contributed by atoms with Crippen LogP contribution in [-0.4, -0.2) is 18.4 Å². The van der Waals surface area contributed by atoms with Crippen LogP contribution in [0.2, 0.25) is 0 Å². The number of carbonyl (C=O) groups is 1. The van der Waals surface area contributed by atoms with E-state index in [9.17, 15) is 4.79 Å². The van der Waals surface area contributed by atoms with Gasteiger partial charge in [0, 0.05) is 5.56 Å². The first-order valence-electron chi connectivity index (χ1n) is 6.18. The minimum Gasteiger partial charge on any atom is -0.307 e. The molecule has 0 aromatic heterocycles. The SMILES string of the molecule is CCCc1cccc(C(=O)C2CCCN2)c1. The number of carbonyl (C=O) groups excluding carboxylic acids is 1. The van der Waals surface area contributed by atoms with Gasteiger partial charge in [0.15, 0.2) is 5.78 Å². The number of aryl methyl sites for hydroxylation is 1. The molecular weight excluding hydrogens is 198 g/mol. The lowest BCUT2D eigenvalue weighted by Gasteiger charge is -2.09. The van der Waals surface area contributed by atoms with Crippen molar-refractivity contribution in [2.75, 3.05) is 6.54 Å². The molecule has 1 N–H and O–H groups in total. The van der Waals surface area contributed by atoms with E-state index in [1.54, 1.807) is 0 Å². The predicted octanol–water partition coefficient (Wildman–Crippen LogP) is 2.57. The molecule has 2 rings (SSSR count). The van der Waals surface area contributed by atoms with Gasteiger partial charge in [0.05, 0.1) is 6.04 Å². The molecule has 1 unspecified atom stereocenters. The van der Waals surface area contributed by atoms with Crippen molar-refractivity contribution < 1.29 is 4.79 Å². The van der Waals surface area contributed by atoms with E-state index >= 15 is 0 Å². The Balaban J connectivity index is 2.12. The van der Waals surface area contributed by atoms with Crippen LogP contribution in [0.1, 0.15) is 42.1 Å². The third kappa shape index (κ3) is 2.50. The van der Waals surface area contributed by atoms with E-state index in [4.69, 9.17) is 0 Å². The lowest BCUT2D eigenvalue weighted by molar-refractivity contribution is 0.0952. The van der Waals surface area contributed by atoms with E-state index in [0.29, 0.717) is 0 Å². The van der Waals surface area contributed by atoms with E-state index < -0.39 is 0 Å². The molecule has 0 saturated carbocycles. The number of nitrogens with one attached hydrogen (secondary N) is 1. The van der Waals surface area contributed by atoms with Gasteiger partial charge >= 0.3 is 0 Å². The largest absolute Gasteiger partial charge is 0.307 e. The summed E-state index contributed by atoms with van der Waals surface area (Å²) in [5, 5.41) is 3.26. The molecule has 1 aliphatic rings. The predicted molar refractivity (Wildman–Crippen MR) is 65.8 cm³/mol. The quantitative estimate of drug-likeness (QED) is 0.785. The molecule has 16 heavy (non-hydrogen) atoms. The summed E-state index contributed by atoms with van der Waals surface area (Å²) in [4.78, 5) is 12.1. The van der Waals surface area contributed by atoms with Gasteiger partial charge in [-0.15, -0.1) is 0 Å². The van der Waals surface area contributed by atoms with Gasteiger partial charge < -0.3 is 5.32 Å². The Kier molecular flexibility index (Phi) is 3.73. The Morgan fingerprint density at radius 2 is 2.38 bits per heavy atom. The van der Waals surface area contributed by atoms with Crippen LogP contribution >= 0.6 is 0 Å². The summed E-state index contributed by atoms with van der Waals surface area (Å²) in [6.45, 7) is 3.14. The third-order valence-corrected chi connectivity index (χ3v) is 3.13. The van der Waals surface area contributed by atoms with Gasteiger partial charge in [-0.25, -0.2) is 0 Å². The van der Waals surface area contributed by atoms with Crippen molar-refractivity contribution in [1.82, 2.24) is 5.32 Å². The first-order valence-corrected chi connectivity index (χ1v) is 6.18. The van der Waals surface area contributed by atoms with E-state index in [1.807, 2.05) is 18.2 Å². The van der Waals surface area contributed by atoms with Gasteiger partial charge in [0.2, 0.25) is 0 Å². The summed E-state index contributed by atoms with van der Waals surface area (Å²) >= 11 is 0. The molecule has 1 aliphatic heterocycles. The number of ketones is 1.